The minimum Gasteiger partial charge on any atom is -0.481 e. The normalized spacial score (nSPS) is 18.6. The maximum Gasteiger partial charge on any atom is 0.306 e. The molecule has 1 aliphatic heterocycles. The standard InChI is InChI=1S/C26H24ClNO5/c1-26(2,15-29)14-28-21-11-10-17(27)12-20(21)24(33-22(25(28)32)13-23(30)31)19-9-5-7-16-6-3-4-8-18(16)19/h3-12,15,22,24H,13-14H2,1-2H3,(H,30,31). The van der Waals surface area contributed by atoms with Gasteiger partial charge in [0, 0.05) is 28.2 Å². The highest BCUT2D eigenvalue weighted by Gasteiger charge is 2.40. The van der Waals surface area contributed by atoms with E-state index in [9.17, 15) is 19.5 Å². The Bertz CT molecular complexity index is 1230. The van der Waals surface area contributed by atoms with Crippen molar-refractivity contribution in [2.45, 2.75) is 32.5 Å². The fourth-order valence-electron chi connectivity index (χ4n) is 4.19. The second-order valence-corrected chi connectivity index (χ2v) is 9.34. The SMILES string of the molecule is CC(C)(C=O)CN1C(=O)C(CC(=O)O)OC(c2cccc3ccccc23)c2cc(Cl)ccc21. The number of carbonyl (C=O) groups excluding carboxylic acids is 2. The molecule has 170 valence electrons. The summed E-state index contributed by atoms with van der Waals surface area (Å²) in [5.74, 6) is -1.65. The molecule has 0 saturated carbocycles. The fraction of sp³-hybridized carbons (Fsp3) is 0.269. The lowest BCUT2D eigenvalue weighted by Gasteiger charge is -2.30. The van der Waals surface area contributed by atoms with Gasteiger partial charge in [0.15, 0.2) is 0 Å². The van der Waals surface area contributed by atoms with Crippen LogP contribution in [-0.2, 0) is 19.1 Å². The van der Waals surface area contributed by atoms with Gasteiger partial charge in [-0.15, -0.1) is 0 Å². The molecule has 0 saturated heterocycles. The first-order valence-corrected chi connectivity index (χ1v) is 11.0. The van der Waals surface area contributed by atoms with E-state index in [0.29, 0.717) is 16.3 Å². The number of carboxylic acids is 1. The van der Waals surface area contributed by atoms with E-state index in [-0.39, 0.29) is 6.54 Å². The van der Waals surface area contributed by atoms with Gasteiger partial charge in [-0.3, -0.25) is 9.59 Å². The van der Waals surface area contributed by atoms with Crippen molar-refractivity contribution in [3.63, 3.8) is 0 Å². The molecule has 0 aromatic heterocycles. The van der Waals surface area contributed by atoms with Crippen molar-refractivity contribution in [1.29, 1.82) is 0 Å². The highest BCUT2D eigenvalue weighted by Crippen LogP contribution is 2.42. The average molecular weight is 466 g/mol. The summed E-state index contributed by atoms with van der Waals surface area (Å²) in [6, 6.07) is 18.7. The van der Waals surface area contributed by atoms with Crippen LogP contribution >= 0.6 is 11.6 Å². The number of hydrogen-bond donors (Lipinski definition) is 1. The lowest BCUT2D eigenvalue weighted by atomic mass is 9.92. The third-order valence-corrected chi connectivity index (χ3v) is 5.99. The van der Waals surface area contributed by atoms with Gasteiger partial charge < -0.3 is 19.5 Å². The van der Waals surface area contributed by atoms with Gasteiger partial charge in [0.1, 0.15) is 18.5 Å². The van der Waals surface area contributed by atoms with Gasteiger partial charge in [-0.05, 0) is 34.5 Å². The Labute approximate surface area is 196 Å². The second kappa shape index (κ2) is 8.96. The zero-order valence-electron chi connectivity index (χ0n) is 18.3. The highest BCUT2D eigenvalue weighted by molar-refractivity contribution is 6.30. The number of carboxylic acid groups (broad SMARTS) is 1. The van der Waals surface area contributed by atoms with Crippen LogP contribution in [0.15, 0.2) is 60.7 Å². The summed E-state index contributed by atoms with van der Waals surface area (Å²) in [5.41, 5.74) is 1.14. The monoisotopic (exact) mass is 465 g/mol. The van der Waals surface area contributed by atoms with E-state index in [1.165, 1.54) is 4.90 Å². The molecule has 33 heavy (non-hydrogen) atoms. The molecule has 2 unspecified atom stereocenters. The molecule has 3 aromatic carbocycles. The zero-order valence-corrected chi connectivity index (χ0v) is 19.1. The zero-order chi connectivity index (χ0) is 23.8. The Morgan fingerprint density at radius 3 is 2.58 bits per heavy atom. The molecule has 7 heteroatoms. The van der Waals surface area contributed by atoms with Crippen LogP contribution in [0.25, 0.3) is 10.8 Å². The van der Waals surface area contributed by atoms with Crippen molar-refractivity contribution in [3.05, 3.63) is 76.8 Å². The van der Waals surface area contributed by atoms with Crippen LogP contribution < -0.4 is 4.90 Å². The fourth-order valence-corrected chi connectivity index (χ4v) is 4.37. The molecule has 0 spiro atoms. The van der Waals surface area contributed by atoms with Crippen LogP contribution in [0.4, 0.5) is 5.69 Å². The van der Waals surface area contributed by atoms with Gasteiger partial charge >= 0.3 is 5.97 Å². The first-order chi connectivity index (χ1) is 15.7. The minimum absolute atomic E-state index is 0.0751. The number of ether oxygens (including phenoxy) is 1. The number of carbonyl (C=O) groups is 3. The summed E-state index contributed by atoms with van der Waals surface area (Å²) in [5, 5.41) is 11.9. The molecule has 2 atom stereocenters. The predicted molar refractivity (Wildman–Crippen MR) is 127 cm³/mol. The summed E-state index contributed by atoms with van der Waals surface area (Å²) in [4.78, 5) is 38.3. The Morgan fingerprint density at radius 1 is 1.12 bits per heavy atom. The molecular formula is C26H24ClNO5. The quantitative estimate of drug-likeness (QED) is 0.517. The first-order valence-electron chi connectivity index (χ1n) is 10.6. The van der Waals surface area contributed by atoms with E-state index >= 15 is 0 Å². The van der Waals surface area contributed by atoms with Crippen molar-refractivity contribution in [1.82, 2.24) is 0 Å². The third-order valence-electron chi connectivity index (χ3n) is 5.76. The van der Waals surface area contributed by atoms with Gasteiger partial charge in [0.05, 0.1) is 6.42 Å². The van der Waals surface area contributed by atoms with Crippen LogP contribution in [-0.4, -0.2) is 35.9 Å². The van der Waals surface area contributed by atoms with Gasteiger partial charge in [-0.2, -0.15) is 0 Å². The molecular weight excluding hydrogens is 442 g/mol. The molecule has 4 rings (SSSR count). The van der Waals surface area contributed by atoms with Crippen molar-refractivity contribution in [2.24, 2.45) is 5.41 Å². The summed E-state index contributed by atoms with van der Waals surface area (Å²) in [6.07, 6.45) is -1.68. The summed E-state index contributed by atoms with van der Waals surface area (Å²) in [7, 11) is 0. The molecule has 0 radical (unpaired) electrons. The molecule has 3 aromatic rings. The number of halogens is 1. The number of anilines is 1. The Hall–Kier alpha value is -3.22. The molecule has 1 aliphatic rings. The van der Waals surface area contributed by atoms with Gasteiger partial charge in [-0.1, -0.05) is 67.9 Å². The van der Waals surface area contributed by atoms with Crippen molar-refractivity contribution in [3.8, 4) is 0 Å². The third kappa shape index (κ3) is 4.63. The van der Waals surface area contributed by atoms with Crippen LogP contribution in [0.3, 0.4) is 0 Å². The van der Waals surface area contributed by atoms with Crippen molar-refractivity contribution < 1.29 is 24.2 Å². The lowest BCUT2D eigenvalue weighted by Crippen LogP contribution is -2.45. The largest absolute Gasteiger partial charge is 0.481 e. The van der Waals surface area contributed by atoms with Crippen LogP contribution in [0.2, 0.25) is 5.02 Å². The number of nitrogens with zero attached hydrogens (tertiary/aromatic N) is 1. The van der Waals surface area contributed by atoms with Gasteiger partial charge in [0.2, 0.25) is 0 Å². The van der Waals surface area contributed by atoms with Crippen LogP contribution in [0, 0.1) is 5.41 Å². The molecule has 1 amide bonds. The van der Waals surface area contributed by atoms with Gasteiger partial charge in [-0.25, -0.2) is 0 Å². The van der Waals surface area contributed by atoms with Gasteiger partial charge in [0.25, 0.3) is 5.91 Å². The maximum absolute atomic E-state index is 13.6. The first kappa shape index (κ1) is 23.0. The molecule has 0 fully saturated rings. The number of aldehydes is 1. The number of hydrogen-bond acceptors (Lipinski definition) is 4. The summed E-state index contributed by atoms with van der Waals surface area (Å²) in [6.45, 7) is 3.53. The topological polar surface area (TPSA) is 83.9 Å². The number of aliphatic carboxylic acids is 1. The molecule has 0 aliphatic carbocycles. The predicted octanol–water partition coefficient (Wildman–Crippen LogP) is 5.01. The van der Waals surface area contributed by atoms with Crippen molar-refractivity contribution in [2.75, 3.05) is 11.4 Å². The molecule has 1 N–H and O–H groups in total. The van der Waals surface area contributed by atoms with E-state index in [0.717, 1.165) is 22.6 Å². The number of amides is 1. The van der Waals surface area contributed by atoms with Crippen LogP contribution in [0.5, 0.6) is 0 Å². The molecule has 0 bridgehead atoms. The van der Waals surface area contributed by atoms with E-state index in [1.54, 1.807) is 32.0 Å². The average Bonchev–Trinajstić information content (AvgIpc) is 2.88. The molecule has 6 nitrogen and oxygen atoms in total. The summed E-state index contributed by atoms with van der Waals surface area (Å²) < 4.78 is 6.27. The highest BCUT2D eigenvalue weighted by atomic mass is 35.5. The number of benzene rings is 3. The Morgan fingerprint density at radius 2 is 1.85 bits per heavy atom. The minimum atomic E-state index is -1.24. The van der Waals surface area contributed by atoms with Crippen LogP contribution in [0.1, 0.15) is 37.5 Å². The van der Waals surface area contributed by atoms with E-state index in [4.69, 9.17) is 16.3 Å². The Balaban J connectivity index is 1.95. The lowest BCUT2D eigenvalue weighted by molar-refractivity contribution is -0.147. The molecule has 1 heterocycles. The summed E-state index contributed by atoms with van der Waals surface area (Å²) >= 11 is 6.36. The Kier molecular flexibility index (Phi) is 6.23. The van der Waals surface area contributed by atoms with Crippen molar-refractivity contribution >= 4 is 46.2 Å². The maximum atomic E-state index is 13.6. The smallest absolute Gasteiger partial charge is 0.306 e. The van der Waals surface area contributed by atoms with E-state index in [2.05, 4.69) is 0 Å². The van der Waals surface area contributed by atoms with E-state index in [1.807, 2.05) is 42.5 Å². The number of rotatable bonds is 6. The number of fused-ring (bicyclic) bond motifs is 2. The van der Waals surface area contributed by atoms with E-state index < -0.39 is 35.9 Å². The second-order valence-electron chi connectivity index (χ2n) is 8.90.